The SMILES string of the molecule is COc1ccc(OC)c(-c2cc(C(=O)Nc3ccc(OC)c(OC4CCCC4)c3)no2)c1. The number of hydrogen-bond donors (Lipinski definition) is 1. The summed E-state index contributed by atoms with van der Waals surface area (Å²) in [6, 6.07) is 12.2. The molecule has 2 aromatic carbocycles. The van der Waals surface area contributed by atoms with E-state index in [1.165, 1.54) is 0 Å². The number of amides is 1. The molecule has 0 atom stereocenters. The van der Waals surface area contributed by atoms with Crippen LogP contribution in [-0.4, -0.2) is 38.5 Å². The number of aromatic nitrogens is 1. The average molecular weight is 438 g/mol. The van der Waals surface area contributed by atoms with Gasteiger partial charge in [0.05, 0.1) is 33.0 Å². The van der Waals surface area contributed by atoms with E-state index in [9.17, 15) is 4.79 Å². The fraction of sp³-hybridized carbons (Fsp3) is 0.333. The van der Waals surface area contributed by atoms with Crippen LogP contribution < -0.4 is 24.3 Å². The Morgan fingerprint density at radius 3 is 2.41 bits per heavy atom. The van der Waals surface area contributed by atoms with Gasteiger partial charge in [-0.05, 0) is 56.0 Å². The summed E-state index contributed by atoms with van der Waals surface area (Å²) in [6.45, 7) is 0. The maximum atomic E-state index is 12.8. The van der Waals surface area contributed by atoms with E-state index in [0.717, 1.165) is 25.7 Å². The van der Waals surface area contributed by atoms with Crippen LogP contribution in [0.3, 0.4) is 0 Å². The lowest BCUT2D eigenvalue weighted by Crippen LogP contribution is -2.14. The zero-order chi connectivity index (χ0) is 22.5. The van der Waals surface area contributed by atoms with Crippen LogP contribution in [0.15, 0.2) is 47.0 Å². The van der Waals surface area contributed by atoms with Crippen molar-refractivity contribution in [1.82, 2.24) is 5.16 Å². The average Bonchev–Trinajstić information content (AvgIpc) is 3.51. The number of carbonyl (C=O) groups excluding carboxylic acids is 1. The highest BCUT2D eigenvalue weighted by Crippen LogP contribution is 2.35. The number of nitrogens with zero attached hydrogens (tertiary/aromatic N) is 1. The molecule has 1 heterocycles. The first-order chi connectivity index (χ1) is 15.6. The van der Waals surface area contributed by atoms with Crippen molar-refractivity contribution in [3.8, 4) is 34.3 Å². The molecule has 8 nitrogen and oxygen atoms in total. The summed E-state index contributed by atoms with van der Waals surface area (Å²) >= 11 is 0. The first-order valence-electron chi connectivity index (χ1n) is 10.5. The normalized spacial score (nSPS) is 13.6. The van der Waals surface area contributed by atoms with Crippen LogP contribution in [0, 0.1) is 0 Å². The third kappa shape index (κ3) is 4.64. The van der Waals surface area contributed by atoms with E-state index in [2.05, 4.69) is 10.5 Å². The van der Waals surface area contributed by atoms with Crippen molar-refractivity contribution < 1.29 is 28.3 Å². The highest BCUT2D eigenvalue weighted by Gasteiger charge is 2.20. The van der Waals surface area contributed by atoms with Gasteiger partial charge in [-0.2, -0.15) is 0 Å². The number of anilines is 1. The minimum absolute atomic E-state index is 0.138. The molecule has 168 valence electrons. The molecule has 1 fully saturated rings. The van der Waals surface area contributed by atoms with Gasteiger partial charge < -0.3 is 28.8 Å². The van der Waals surface area contributed by atoms with E-state index in [1.807, 2.05) is 0 Å². The Morgan fingerprint density at radius 2 is 1.69 bits per heavy atom. The van der Waals surface area contributed by atoms with Crippen molar-refractivity contribution in [1.29, 1.82) is 0 Å². The molecule has 0 aliphatic heterocycles. The number of benzene rings is 2. The Bertz CT molecular complexity index is 1090. The predicted molar refractivity (Wildman–Crippen MR) is 119 cm³/mol. The van der Waals surface area contributed by atoms with Gasteiger partial charge in [-0.15, -0.1) is 0 Å². The van der Waals surface area contributed by atoms with Crippen LogP contribution >= 0.6 is 0 Å². The van der Waals surface area contributed by atoms with E-state index in [1.54, 1.807) is 63.8 Å². The number of methoxy groups -OCH3 is 3. The van der Waals surface area contributed by atoms with Gasteiger partial charge in [-0.25, -0.2) is 0 Å². The molecule has 0 bridgehead atoms. The predicted octanol–water partition coefficient (Wildman–Crippen LogP) is 4.94. The van der Waals surface area contributed by atoms with Gasteiger partial charge in [0.1, 0.15) is 11.5 Å². The van der Waals surface area contributed by atoms with E-state index < -0.39 is 5.91 Å². The summed E-state index contributed by atoms with van der Waals surface area (Å²) in [5.41, 5.74) is 1.35. The topological polar surface area (TPSA) is 92.1 Å². The van der Waals surface area contributed by atoms with Crippen molar-refractivity contribution in [3.05, 3.63) is 48.2 Å². The molecule has 8 heteroatoms. The summed E-state index contributed by atoms with van der Waals surface area (Å²) in [4.78, 5) is 12.8. The number of carbonyl (C=O) groups is 1. The third-order valence-corrected chi connectivity index (χ3v) is 5.43. The van der Waals surface area contributed by atoms with E-state index in [4.69, 9.17) is 23.5 Å². The highest BCUT2D eigenvalue weighted by molar-refractivity contribution is 6.03. The van der Waals surface area contributed by atoms with Crippen LogP contribution in [0.4, 0.5) is 5.69 Å². The lowest BCUT2D eigenvalue weighted by molar-refractivity contribution is 0.101. The molecule has 1 aliphatic rings. The molecule has 4 rings (SSSR count). The lowest BCUT2D eigenvalue weighted by Gasteiger charge is -2.17. The van der Waals surface area contributed by atoms with Gasteiger partial charge in [0.25, 0.3) is 5.91 Å². The van der Waals surface area contributed by atoms with Crippen molar-refractivity contribution in [3.63, 3.8) is 0 Å². The van der Waals surface area contributed by atoms with Gasteiger partial charge in [0.2, 0.25) is 0 Å². The smallest absolute Gasteiger partial charge is 0.277 e. The quantitative estimate of drug-likeness (QED) is 0.532. The Balaban J connectivity index is 1.52. The second kappa shape index (κ2) is 9.64. The standard InChI is InChI=1S/C24H26N2O6/c1-28-17-9-11-20(29-2)18(13-17)22-14-19(26-32-22)24(27)25-15-8-10-21(30-3)23(12-15)31-16-6-4-5-7-16/h8-14,16H,4-7H2,1-3H3,(H,25,27). The second-order valence-electron chi connectivity index (χ2n) is 7.49. The van der Waals surface area contributed by atoms with Crippen molar-refractivity contribution in [2.24, 2.45) is 0 Å². The molecular weight excluding hydrogens is 412 g/mol. The molecule has 0 spiro atoms. The zero-order valence-corrected chi connectivity index (χ0v) is 18.3. The van der Waals surface area contributed by atoms with Gasteiger partial charge in [0, 0.05) is 17.8 Å². The fourth-order valence-electron chi connectivity index (χ4n) is 3.74. The Kier molecular flexibility index (Phi) is 6.49. The van der Waals surface area contributed by atoms with Crippen LogP contribution in [0.2, 0.25) is 0 Å². The molecule has 32 heavy (non-hydrogen) atoms. The zero-order valence-electron chi connectivity index (χ0n) is 18.3. The van der Waals surface area contributed by atoms with Crippen molar-refractivity contribution in [2.45, 2.75) is 31.8 Å². The lowest BCUT2D eigenvalue weighted by atomic mass is 10.1. The third-order valence-electron chi connectivity index (χ3n) is 5.43. The summed E-state index contributed by atoms with van der Waals surface area (Å²) in [7, 11) is 4.73. The fourth-order valence-corrected chi connectivity index (χ4v) is 3.74. The molecule has 1 saturated carbocycles. The number of rotatable bonds is 8. The van der Waals surface area contributed by atoms with Gasteiger partial charge >= 0.3 is 0 Å². The largest absolute Gasteiger partial charge is 0.497 e. The monoisotopic (exact) mass is 438 g/mol. The van der Waals surface area contributed by atoms with Gasteiger partial charge in [-0.1, -0.05) is 5.16 Å². The van der Waals surface area contributed by atoms with E-state index in [-0.39, 0.29) is 11.8 Å². The summed E-state index contributed by atoms with van der Waals surface area (Å²) in [6.07, 6.45) is 4.54. The van der Waals surface area contributed by atoms with Gasteiger partial charge in [0.15, 0.2) is 23.0 Å². The van der Waals surface area contributed by atoms with Crippen molar-refractivity contribution in [2.75, 3.05) is 26.6 Å². The minimum Gasteiger partial charge on any atom is -0.497 e. The summed E-state index contributed by atoms with van der Waals surface area (Å²) in [5.74, 6) is 2.45. The molecular formula is C24H26N2O6. The Labute approximate surface area is 186 Å². The molecule has 0 radical (unpaired) electrons. The maximum absolute atomic E-state index is 12.8. The first-order valence-corrected chi connectivity index (χ1v) is 10.5. The first kappa shape index (κ1) is 21.5. The van der Waals surface area contributed by atoms with Crippen LogP contribution in [-0.2, 0) is 0 Å². The molecule has 1 aromatic heterocycles. The second-order valence-corrected chi connectivity index (χ2v) is 7.49. The summed E-state index contributed by atoms with van der Waals surface area (Å²) < 4.78 is 27.6. The van der Waals surface area contributed by atoms with Gasteiger partial charge in [-0.3, -0.25) is 4.79 Å². The van der Waals surface area contributed by atoms with Crippen LogP contribution in [0.5, 0.6) is 23.0 Å². The Morgan fingerprint density at radius 1 is 0.938 bits per heavy atom. The molecule has 1 N–H and O–H groups in total. The van der Waals surface area contributed by atoms with Crippen molar-refractivity contribution >= 4 is 11.6 Å². The molecule has 3 aromatic rings. The number of nitrogens with one attached hydrogen (secondary N) is 1. The number of ether oxygens (including phenoxy) is 4. The van der Waals surface area contributed by atoms with E-state index in [0.29, 0.717) is 40.0 Å². The van der Waals surface area contributed by atoms with Crippen LogP contribution in [0.1, 0.15) is 36.2 Å². The molecule has 0 saturated heterocycles. The van der Waals surface area contributed by atoms with Crippen LogP contribution in [0.25, 0.3) is 11.3 Å². The highest BCUT2D eigenvalue weighted by atomic mass is 16.5. The molecule has 1 amide bonds. The maximum Gasteiger partial charge on any atom is 0.277 e. The molecule has 1 aliphatic carbocycles. The summed E-state index contributed by atoms with van der Waals surface area (Å²) in [5, 5.41) is 6.76. The van der Waals surface area contributed by atoms with E-state index >= 15 is 0 Å². The minimum atomic E-state index is -0.404. The molecule has 0 unspecified atom stereocenters. The number of hydrogen-bond acceptors (Lipinski definition) is 7. The Hall–Kier alpha value is -3.68.